The van der Waals surface area contributed by atoms with Crippen LogP contribution >= 0.6 is 12.4 Å². The van der Waals surface area contributed by atoms with E-state index in [1.807, 2.05) is 37.3 Å². The maximum atomic E-state index is 12.6. The summed E-state index contributed by atoms with van der Waals surface area (Å²) in [5.74, 6) is 1.05. The lowest BCUT2D eigenvalue weighted by Gasteiger charge is -2.18. The highest BCUT2D eigenvalue weighted by molar-refractivity contribution is 6.00. The molecule has 0 spiro atoms. The summed E-state index contributed by atoms with van der Waals surface area (Å²) in [6, 6.07) is 9.77. The molecule has 2 aromatic carbocycles. The first kappa shape index (κ1) is 24.6. The number of benzene rings is 2. The fraction of sp³-hybridized carbons (Fsp3) is 0.560. The van der Waals surface area contributed by atoms with Gasteiger partial charge in [-0.2, -0.15) is 0 Å². The predicted octanol–water partition coefficient (Wildman–Crippen LogP) is 4.39. The smallest absolute Gasteiger partial charge is 0.341 e. The molecule has 176 valence electrons. The summed E-state index contributed by atoms with van der Waals surface area (Å²) in [7, 11) is 0. The number of likely N-dealkylation sites (tertiary alicyclic amines) is 2. The summed E-state index contributed by atoms with van der Waals surface area (Å²) < 4.78 is 17.5. The van der Waals surface area contributed by atoms with Crippen molar-refractivity contribution in [3.8, 4) is 11.5 Å². The Morgan fingerprint density at radius 1 is 0.875 bits per heavy atom. The first-order chi connectivity index (χ1) is 15.2. The van der Waals surface area contributed by atoms with Crippen LogP contribution in [0.4, 0.5) is 0 Å². The number of hydrogen-bond donors (Lipinski definition) is 0. The lowest BCUT2D eigenvalue weighted by molar-refractivity contribution is 0.0521. The Hall–Kier alpha value is -2.02. The normalized spacial score (nSPS) is 16.8. The summed E-state index contributed by atoms with van der Waals surface area (Å²) in [4.78, 5) is 17.4. The lowest BCUT2D eigenvalue weighted by Crippen LogP contribution is -2.25. The summed E-state index contributed by atoms with van der Waals surface area (Å²) >= 11 is 0. The van der Waals surface area contributed by atoms with Crippen molar-refractivity contribution in [1.82, 2.24) is 9.80 Å². The van der Waals surface area contributed by atoms with Gasteiger partial charge in [-0.25, -0.2) is 4.79 Å². The Morgan fingerprint density at radius 2 is 1.47 bits per heavy atom. The van der Waals surface area contributed by atoms with Crippen LogP contribution in [0, 0.1) is 0 Å². The topological polar surface area (TPSA) is 51.2 Å². The molecule has 0 unspecified atom stereocenters. The van der Waals surface area contributed by atoms with Crippen molar-refractivity contribution in [2.24, 2.45) is 0 Å². The van der Waals surface area contributed by atoms with E-state index in [9.17, 15) is 4.79 Å². The van der Waals surface area contributed by atoms with Gasteiger partial charge >= 0.3 is 5.97 Å². The Morgan fingerprint density at radius 3 is 2.06 bits per heavy atom. The molecular formula is C25H35ClN2O4. The second kappa shape index (κ2) is 12.3. The zero-order valence-corrected chi connectivity index (χ0v) is 19.8. The van der Waals surface area contributed by atoms with Gasteiger partial charge in [-0.1, -0.05) is 12.1 Å². The molecule has 32 heavy (non-hydrogen) atoms. The van der Waals surface area contributed by atoms with Crippen molar-refractivity contribution in [1.29, 1.82) is 0 Å². The Balaban J connectivity index is 0.00000289. The predicted molar refractivity (Wildman–Crippen MR) is 129 cm³/mol. The lowest BCUT2D eigenvalue weighted by atomic mass is 10.0. The minimum Gasteiger partial charge on any atom is -0.492 e. The van der Waals surface area contributed by atoms with E-state index in [4.69, 9.17) is 14.2 Å². The molecule has 0 saturated carbocycles. The van der Waals surface area contributed by atoms with Crippen molar-refractivity contribution < 1.29 is 19.0 Å². The maximum Gasteiger partial charge on any atom is 0.341 e. The molecule has 0 bridgehead atoms. The third-order valence-electron chi connectivity index (χ3n) is 6.16. The van der Waals surface area contributed by atoms with Gasteiger partial charge in [-0.3, -0.25) is 9.80 Å². The molecule has 0 aromatic heterocycles. The van der Waals surface area contributed by atoms with E-state index in [1.165, 1.54) is 25.7 Å². The van der Waals surface area contributed by atoms with E-state index in [1.54, 1.807) is 0 Å². The van der Waals surface area contributed by atoms with Gasteiger partial charge in [-0.15, -0.1) is 12.4 Å². The summed E-state index contributed by atoms with van der Waals surface area (Å²) in [6.07, 6.45) is 5.07. The SMILES string of the molecule is CCOC(=O)c1cc2cccc(OCCN3CCCC3)c2cc1OCCN1CCCC1.Cl. The number of esters is 1. The summed E-state index contributed by atoms with van der Waals surface area (Å²) in [5, 5.41) is 1.92. The number of carbonyl (C=O) groups excluding carboxylic acids is 1. The Labute approximate surface area is 197 Å². The number of carbonyl (C=O) groups is 1. The maximum absolute atomic E-state index is 12.6. The molecular weight excluding hydrogens is 428 g/mol. The molecule has 7 heteroatoms. The van der Waals surface area contributed by atoms with Crippen molar-refractivity contribution in [3.05, 3.63) is 35.9 Å². The molecule has 2 fully saturated rings. The van der Waals surface area contributed by atoms with E-state index >= 15 is 0 Å². The quantitative estimate of drug-likeness (QED) is 0.488. The van der Waals surface area contributed by atoms with E-state index in [0.717, 1.165) is 55.8 Å². The summed E-state index contributed by atoms with van der Waals surface area (Å²) in [5.41, 5.74) is 0.477. The first-order valence-corrected chi connectivity index (χ1v) is 11.7. The molecule has 0 aliphatic carbocycles. The zero-order valence-electron chi connectivity index (χ0n) is 19.0. The molecule has 6 nitrogen and oxygen atoms in total. The zero-order chi connectivity index (χ0) is 21.5. The van der Waals surface area contributed by atoms with Gasteiger partial charge in [0.05, 0.1) is 6.61 Å². The van der Waals surface area contributed by atoms with Crippen LogP contribution in [-0.2, 0) is 4.74 Å². The van der Waals surface area contributed by atoms with Gasteiger partial charge < -0.3 is 14.2 Å². The highest BCUT2D eigenvalue weighted by Crippen LogP contribution is 2.33. The summed E-state index contributed by atoms with van der Waals surface area (Å²) in [6.45, 7) is 9.75. The van der Waals surface area contributed by atoms with Crippen molar-refractivity contribution in [2.45, 2.75) is 32.6 Å². The highest BCUT2D eigenvalue weighted by atomic mass is 35.5. The van der Waals surface area contributed by atoms with Gasteiger partial charge in [0.15, 0.2) is 0 Å². The monoisotopic (exact) mass is 462 g/mol. The minimum atomic E-state index is -0.346. The Kier molecular flexibility index (Phi) is 9.45. The molecule has 0 atom stereocenters. The standard InChI is InChI=1S/C25H34N2O4.ClH/c1-2-29-25(28)22-18-20-8-7-9-23(30-16-14-26-10-3-4-11-26)21(20)19-24(22)31-17-15-27-12-5-6-13-27;/h7-9,18-19H,2-6,10-17H2,1H3;1H. The fourth-order valence-corrected chi connectivity index (χ4v) is 4.47. The van der Waals surface area contributed by atoms with Crippen LogP contribution in [0.3, 0.4) is 0 Å². The van der Waals surface area contributed by atoms with Gasteiger partial charge in [0.2, 0.25) is 0 Å². The minimum absolute atomic E-state index is 0. The molecule has 2 saturated heterocycles. The van der Waals surface area contributed by atoms with Crippen molar-refractivity contribution in [3.63, 3.8) is 0 Å². The van der Waals surface area contributed by atoms with Crippen LogP contribution in [0.25, 0.3) is 10.8 Å². The van der Waals surface area contributed by atoms with Crippen LogP contribution in [0.1, 0.15) is 43.0 Å². The van der Waals surface area contributed by atoms with Gasteiger partial charge in [0.25, 0.3) is 0 Å². The van der Waals surface area contributed by atoms with Crippen molar-refractivity contribution in [2.75, 3.05) is 59.1 Å². The second-order valence-electron chi connectivity index (χ2n) is 8.34. The average molecular weight is 463 g/mol. The number of halogens is 1. The molecule has 0 amide bonds. The average Bonchev–Trinajstić information content (AvgIpc) is 3.48. The van der Waals surface area contributed by atoms with Crippen LogP contribution in [0.15, 0.2) is 30.3 Å². The largest absolute Gasteiger partial charge is 0.492 e. The van der Waals surface area contributed by atoms with Crippen LogP contribution in [0.2, 0.25) is 0 Å². The first-order valence-electron chi connectivity index (χ1n) is 11.7. The number of nitrogens with zero attached hydrogens (tertiary/aromatic N) is 2. The van der Waals surface area contributed by atoms with Gasteiger partial charge in [0.1, 0.15) is 30.3 Å². The molecule has 4 rings (SSSR count). The van der Waals surface area contributed by atoms with Gasteiger partial charge in [-0.05, 0) is 82.4 Å². The van der Waals surface area contributed by atoms with Crippen LogP contribution in [-0.4, -0.2) is 74.9 Å². The molecule has 0 radical (unpaired) electrons. The highest BCUT2D eigenvalue weighted by Gasteiger charge is 2.18. The van der Waals surface area contributed by atoms with Crippen molar-refractivity contribution >= 4 is 29.1 Å². The van der Waals surface area contributed by atoms with Crippen LogP contribution in [0.5, 0.6) is 11.5 Å². The number of fused-ring (bicyclic) bond motifs is 1. The molecule has 2 aliphatic heterocycles. The number of ether oxygens (including phenoxy) is 3. The molecule has 2 aromatic rings. The van der Waals surface area contributed by atoms with E-state index in [-0.39, 0.29) is 18.4 Å². The number of hydrogen-bond acceptors (Lipinski definition) is 6. The molecule has 0 N–H and O–H groups in total. The third kappa shape index (κ3) is 6.27. The second-order valence-corrected chi connectivity index (χ2v) is 8.34. The van der Waals surface area contributed by atoms with E-state index in [0.29, 0.717) is 31.1 Å². The van der Waals surface area contributed by atoms with Gasteiger partial charge in [0, 0.05) is 18.5 Å². The van der Waals surface area contributed by atoms with E-state index in [2.05, 4.69) is 9.80 Å². The van der Waals surface area contributed by atoms with Crippen LogP contribution < -0.4 is 9.47 Å². The van der Waals surface area contributed by atoms with E-state index < -0.39 is 0 Å². The number of rotatable bonds is 10. The Bertz CT molecular complexity index is 880. The molecule has 2 heterocycles. The fourth-order valence-electron chi connectivity index (χ4n) is 4.47. The third-order valence-corrected chi connectivity index (χ3v) is 6.16. The molecule has 2 aliphatic rings.